The molecule has 88 valence electrons. The lowest BCUT2D eigenvalue weighted by atomic mass is 10.1. The summed E-state index contributed by atoms with van der Waals surface area (Å²) in [7, 11) is 0. The van der Waals surface area contributed by atoms with Crippen molar-refractivity contribution in [2.24, 2.45) is 0 Å². The molecule has 0 radical (unpaired) electrons. The van der Waals surface area contributed by atoms with Crippen molar-refractivity contribution in [2.45, 2.75) is 25.9 Å². The predicted molar refractivity (Wildman–Crippen MR) is 47.6 cm³/mol. The van der Waals surface area contributed by atoms with Crippen molar-refractivity contribution in [3.8, 4) is 0 Å². The minimum absolute atomic E-state index is 0.0858. The van der Waals surface area contributed by atoms with Crippen LogP contribution in [0.1, 0.15) is 35.1 Å². The first kappa shape index (κ1) is 12.5. The molecule has 0 spiro atoms. The second kappa shape index (κ2) is 4.51. The van der Waals surface area contributed by atoms with Gasteiger partial charge in [0.1, 0.15) is 5.69 Å². The van der Waals surface area contributed by atoms with Crippen LogP contribution in [0.3, 0.4) is 0 Å². The van der Waals surface area contributed by atoms with Crippen LogP contribution in [0, 0.1) is 0 Å². The molecule has 1 heterocycles. The fraction of sp³-hybridized carbons (Fsp3) is 0.400. The van der Waals surface area contributed by atoms with E-state index in [1.54, 1.807) is 6.92 Å². The van der Waals surface area contributed by atoms with Gasteiger partial charge in [-0.05, 0) is 18.6 Å². The van der Waals surface area contributed by atoms with Gasteiger partial charge >= 0.3 is 6.18 Å². The Morgan fingerprint density at radius 2 is 2.06 bits per heavy atom. The quantitative estimate of drug-likeness (QED) is 0.791. The van der Waals surface area contributed by atoms with Crippen molar-refractivity contribution in [1.29, 1.82) is 0 Å². The van der Waals surface area contributed by atoms with Gasteiger partial charge in [-0.15, -0.1) is 0 Å². The molecule has 0 aliphatic rings. The van der Waals surface area contributed by atoms with Crippen molar-refractivity contribution < 1.29 is 23.1 Å². The molecule has 0 aliphatic carbocycles. The van der Waals surface area contributed by atoms with Crippen LogP contribution >= 0.6 is 0 Å². The third-order valence-electron chi connectivity index (χ3n) is 1.97. The van der Waals surface area contributed by atoms with Gasteiger partial charge in [0.25, 0.3) is 0 Å². The van der Waals surface area contributed by atoms with Crippen molar-refractivity contribution >= 4 is 5.97 Å². The van der Waals surface area contributed by atoms with Gasteiger partial charge in [0.05, 0.1) is 11.7 Å². The Bertz CT molecular complexity index is 402. The number of alkyl halides is 3. The zero-order valence-electron chi connectivity index (χ0n) is 8.47. The number of carboxylic acids is 1. The van der Waals surface area contributed by atoms with E-state index in [1.165, 1.54) is 0 Å². The summed E-state index contributed by atoms with van der Waals surface area (Å²) < 4.78 is 36.9. The summed E-state index contributed by atoms with van der Waals surface area (Å²) in [5.74, 6) is -1.51. The van der Waals surface area contributed by atoms with Gasteiger partial charge in [0, 0.05) is 5.56 Å². The van der Waals surface area contributed by atoms with E-state index in [1.807, 2.05) is 0 Å². The minimum Gasteiger partial charge on any atom is -0.545 e. The van der Waals surface area contributed by atoms with Crippen LogP contribution in [-0.2, 0) is 12.6 Å². The monoisotopic (exact) mass is 232 g/mol. The van der Waals surface area contributed by atoms with Gasteiger partial charge in [-0.3, -0.25) is 0 Å². The van der Waals surface area contributed by atoms with Crippen molar-refractivity contribution in [3.05, 3.63) is 29.1 Å². The zero-order chi connectivity index (χ0) is 12.3. The number of halogens is 3. The topological polar surface area (TPSA) is 53.0 Å². The maximum atomic E-state index is 12.3. The van der Waals surface area contributed by atoms with Crippen LogP contribution in [0.15, 0.2) is 12.1 Å². The number of aryl methyl sites for hydroxylation is 1. The first-order valence-corrected chi connectivity index (χ1v) is 4.64. The first-order chi connectivity index (χ1) is 7.36. The largest absolute Gasteiger partial charge is 0.545 e. The number of carboxylic acid groups (broad SMARTS) is 1. The van der Waals surface area contributed by atoms with E-state index < -0.39 is 17.8 Å². The van der Waals surface area contributed by atoms with Gasteiger partial charge < -0.3 is 9.90 Å². The van der Waals surface area contributed by atoms with Crippen LogP contribution in [0.5, 0.6) is 0 Å². The molecule has 0 atom stereocenters. The molecule has 0 N–H and O–H groups in total. The normalized spacial score (nSPS) is 11.5. The zero-order valence-corrected chi connectivity index (χ0v) is 8.47. The summed E-state index contributed by atoms with van der Waals surface area (Å²) in [5.41, 5.74) is -1.45. The Morgan fingerprint density at radius 3 is 2.50 bits per heavy atom. The summed E-state index contributed by atoms with van der Waals surface area (Å²) in [6.07, 6.45) is -3.88. The molecule has 0 fully saturated rings. The SMILES string of the molecule is CCCc1nc(C(F)(F)F)ccc1C(=O)[O-]. The molecule has 0 aromatic carbocycles. The summed E-state index contributed by atoms with van der Waals surface area (Å²) in [6.45, 7) is 1.72. The summed E-state index contributed by atoms with van der Waals surface area (Å²) >= 11 is 0. The number of hydrogen-bond donors (Lipinski definition) is 0. The highest BCUT2D eigenvalue weighted by atomic mass is 19.4. The van der Waals surface area contributed by atoms with E-state index in [0.29, 0.717) is 12.5 Å². The van der Waals surface area contributed by atoms with E-state index in [9.17, 15) is 23.1 Å². The lowest BCUT2D eigenvalue weighted by Crippen LogP contribution is -2.25. The van der Waals surface area contributed by atoms with Crippen LogP contribution in [0.25, 0.3) is 0 Å². The Hall–Kier alpha value is -1.59. The fourth-order valence-corrected chi connectivity index (χ4v) is 1.27. The molecule has 3 nitrogen and oxygen atoms in total. The molecule has 0 bridgehead atoms. The number of nitrogens with zero attached hydrogens (tertiary/aromatic N) is 1. The van der Waals surface area contributed by atoms with E-state index in [0.717, 1.165) is 6.07 Å². The Kier molecular flexibility index (Phi) is 3.51. The maximum absolute atomic E-state index is 12.3. The lowest BCUT2D eigenvalue weighted by molar-refractivity contribution is -0.255. The van der Waals surface area contributed by atoms with Crippen LogP contribution in [0.4, 0.5) is 13.2 Å². The average Bonchev–Trinajstić information content (AvgIpc) is 2.16. The number of pyridine rings is 1. The van der Waals surface area contributed by atoms with Gasteiger partial charge in [0.2, 0.25) is 0 Å². The van der Waals surface area contributed by atoms with Crippen LogP contribution < -0.4 is 5.11 Å². The Balaban J connectivity index is 3.22. The minimum atomic E-state index is -4.56. The van der Waals surface area contributed by atoms with E-state index >= 15 is 0 Å². The molecular formula is C10H9F3NO2-. The van der Waals surface area contributed by atoms with Crippen LogP contribution in [-0.4, -0.2) is 11.0 Å². The smallest absolute Gasteiger partial charge is 0.433 e. The predicted octanol–water partition coefficient (Wildman–Crippen LogP) is 1.42. The molecule has 0 amide bonds. The Labute approximate surface area is 89.9 Å². The highest BCUT2D eigenvalue weighted by Gasteiger charge is 2.32. The number of carbonyl (C=O) groups is 1. The van der Waals surface area contributed by atoms with Gasteiger partial charge in [-0.25, -0.2) is 4.98 Å². The van der Waals surface area contributed by atoms with Crippen molar-refractivity contribution in [1.82, 2.24) is 4.98 Å². The standard InChI is InChI=1S/C10H10F3NO2/c1-2-3-7-6(9(15)16)4-5-8(14-7)10(11,12)13/h4-5H,2-3H2,1H3,(H,15,16)/p-1. The van der Waals surface area contributed by atoms with Gasteiger partial charge in [0.15, 0.2) is 0 Å². The number of carbonyl (C=O) groups excluding carboxylic acids is 1. The molecule has 0 aliphatic heterocycles. The average molecular weight is 232 g/mol. The Morgan fingerprint density at radius 1 is 1.44 bits per heavy atom. The molecular weight excluding hydrogens is 223 g/mol. The second-order valence-corrected chi connectivity index (χ2v) is 3.23. The highest BCUT2D eigenvalue weighted by Crippen LogP contribution is 2.28. The molecule has 0 saturated carbocycles. The summed E-state index contributed by atoms with van der Waals surface area (Å²) in [5, 5.41) is 10.6. The lowest BCUT2D eigenvalue weighted by Gasteiger charge is -2.12. The third kappa shape index (κ3) is 2.71. The highest BCUT2D eigenvalue weighted by molar-refractivity contribution is 5.87. The molecule has 6 heteroatoms. The molecule has 1 aromatic rings. The molecule has 16 heavy (non-hydrogen) atoms. The van der Waals surface area contributed by atoms with Crippen molar-refractivity contribution in [2.75, 3.05) is 0 Å². The molecule has 1 rings (SSSR count). The second-order valence-electron chi connectivity index (χ2n) is 3.23. The van der Waals surface area contributed by atoms with Gasteiger partial charge in [-0.1, -0.05) is 13.3 Å². The number of hydrogen-bond acceptors (Lipinski definition) is 3. The maximum Gasteiger partial charge on any atom is 0.433 e. The van der Waals surface area contributed by atoms with Crippen LogP contribution in [0.2, 0.25) is 0 Å². The first-order valence-electron chi connectivity index (χ1n) is 4.64. The third-order valence-corrected chi connectivity index (χ3v) is 1.97. The number of rotatable bonds is 3. The molecule has 0 unspecified atom stereocenters. The van der Waals surface area contributed by atoms with E-state index in [2.05, 4.69) is 4.98 Å². The van der Waals surface area contributed by atoms with E-state index in [-0.39, 0.29) is 17.7 Å². The van der Waals surface area contributed by atoms with E-state index in [4.69, 9.17) is 0 Å². The summed E-state index contributed by atoms with van der Waals surface area (Å²) in [6, 6.07) is 1.53. The fourth-order valence-electron chi connectivity index (χ4n) is 1.27. The van der Waals surface area contributed by atoms with Crippen molar-refractivity contribution in [3.63, 3.8) is 0 Å². The number of aromatic carboxylic acids is 1. The van der Waals surface area contributed by atoms with Gasteiger partial charge in [-0.2, -0.15) is 13.2 Å². The molecule has 0 saturated heterocycles. The number of aromatic nitrogens is 1. The molecule has 1 aromatic heterocycles. The summed E-state index contributed by atoms with van der Waals surface area (Å²) in [4.78, 5) is 13.9.